The van der Waals surface area contributed by atoms with E-state index in [1.165, 1.54) is 17.3 Å². The second-order valence-corrected chi connectivity index (χ2v) is 2.52. The second kappa shape index (κ2) is 2.91. The molecule has 0 unspecified atom stereocenters. The summed E-state index contributed by atoms with van der Waals surface area (Å²) >= 11 is 0. The molecule has 1 aliphatic heterocycles. The number of aromatic nitrogens is 1. The molecule has 5 nitrogen and oxygen atoms in total. The van der Waals surface area contributed by atoms with Crippen LogP contribution in [0.3, 0.4) is 0 Å². The van der Waals surface area contributed by atoms with E-state index >= 15 is 0 Å². The number of nitrogen functional groups attached to an aromatic ring is 1. The third-order valence-electron chi connectivity index (χ3n) is 1.56. The second-order valence-electron chi connectivity index (χ2n) is 2.52. The summed E-state index contributed by atoms with van der Waals surface area (Å²) in [4.78, 5) is 3.83. The fraction of sp³-hybridized carbons (Fsp3) is 0. The number of halogens is 1. The Morgan fingerprint density at radius 1 is 1.54 bits per heavy atom. The van der Waals surface area contributed by atoms with Crippen LogP contribution in [0.25, 0.3) is 0 Å². The van der Waals surface area contributed by atoms with Crippen LogP contribution in [0.5, 0.6) is 0 Å². The standard InChI is InChI=1S/C7H8FN5/c8-6-3-5(9)4-10-7(6)13-2-1-11-12-13/h1-4,11-12H,9H2. The quantitative estimate of drug-likeness (QED) is 0.573. The Morgan fingerprint density at radius 2 is 2.38 bits per heavy atom. The summed E-state index contributed by atoms with van der Waals surface area (Å²) in [6, 6.07) is 1.22. The van der Waals surface area contributed by atoms with Crippen LogP contribution in [0, 0.1) is 5.82 Å². The summed E-state index contributed by atoms with van der Waals surface area (Å²) in [5, 5.41) is 1.41. The first-order chi connectivity index (χ1) is 6.27. The van der Waals surface area contributed by atoms with Crippen LogP contribution in [0.4, 0.5) is 15.9 Å². The zero-order valence-corrected chi connectivity index (χ0v) is 6.66. The molecule has 0 saturated heterocycles. The van der Waals surface area contributed by atoms with Gasteiger partial charge in [-0.05, 0) is 0 Å². The monoisotopic (exact) mass is 181 g/mol. The summed E-state index contributed by atoms with van der Waals surface area (Å²) < 4.78 is 13.2. The fourth-order valence-corrected chi connectivity index (χ4v) is 1.00. The van der Waals surface area contributed by atoms with E-state index in [1.807, 2.05) is 0 Å². The van der Waals surface area contributed by atoms with Crippen molar-refractivity contribution in [1.29, 1.82) is 0 Å². The Bertz CT molecular complexity index is 351. The number of pyridine rings is 1. The molecule has 0 aliphatic carbocycles. The van der Waals surface area contributed by atoms with Crippen molar-refractivity contribution < 1.29 is 4.39 Å². The van der Waals surface area contributed by atoms with Gasteiger partial charge in [-0.2, -0.15) is 0 Å². The predicted molar refractivity (Wildman–Crippen MR) is 46.5 cm³/mol. The minimum absolute atomic E-state index is 0.176. The first-order valence-electron chi connectivity index (χ1n) is 3.65. The first kappa shape index (κ1) is 7.81. The largest absolute Gasteiger partial charge is 0.397 e. The molecule has 4 N–H and O–H groups in total. The van der Waals surface area contributed by atoms with E-state index in [0.29, 0.717) is 5.69 Å². The summed E-state index contributed by atoms with van der Waals surface area (Å²) in [5.74, 6) is -0.295. The van der Waals surface area contributed by atoms with Gasteiger partial charge in [-0.15, -0.1) is 5.53 Å². The van der Waals surface area contributed by atoms with Gasteiger partial charge >= 0.3 is 0 Å². The van der Waals surface area contributed by atoms with E-state index in [4.69, 9.17) is 5.73 Å². The van der Waals surface area contributed by atoms with Crippen molar-refractivity contribution in [2.45, 2.75) is 0 Å². The smallest absolute Gasteiger partial charge is 0.185 e. The van der Waals surface area contributed by atoms with Crippen molar-refractivity contribution in [3.8, 4) is 0 Å². The van der Waals surface area contributed by atoms with Crippen LogP contribution in [-0.2, 0) is 0 Å². The van der Waals surface area contributed by atoms with Crippen LogP contribution in [0.2, 0.25) is 0 Å². The molecule has 1 aromatic rings. The number of rotatable bonds is 1. The van der Waals surface area contributed by atoms with Crippen LogP contribution in [0.1, 0.15) is 0 Å². The summed E-state index contributed by atoms with van der Waals surface area (Å²) in [7, 11) is 0. The zero-order chi connectivity index (χ0) is 9.26. The number of nitrogens with zero attached hydrogens (tertiary/aromatic N) is 2. The topological polar surface area (TPSA) is 66.2 Å². The van der Waals surface area contributed by atoms with Gasteiger partial charge in [-0.25, -0.2) is 14.4 Å². The van der Waals surface area contributed by atoms with Gasteiger partial charge < -0.3 is 11.2 Å². The Kier molecular flexibility index (Phi) is 1.75. The maximum Gasteiger partial charge on any atom is 0.185 e. The van der Waals surface area contributed by atoms with Crippen molar-refractivity contribution in [3.05, 3.63) is 30.5 Å². The van der Waals surface area contributed by atoms with E-state index in [9.17, 15) is 4.39 Å². The van der Waals surface area contributed by atoms with Gasteiger partial charge in [0.15, 0.2) is 11.6 Å². The highest BCUT2D eigenvalue weighted by atomic mass is 19.1. The van der Waals surface area contributed by atoms with Crippen molar-refractivity contribution in [3.63, 3.8) is 0 Å². The van der Waals surface area contributed by atoms with Crippen LogP contribution < -0.4 is 21.7 Å². The van der Waals surface area contributed by atoms with Gasteiger partial charge in [-0.1, -0.05) is 0 Å². The van der Waals surface area contributed by atoms with Gasteiger partial charge in [0.05, 0.1) is 11.9 Å². The Labute approximate surface area is 74.0 Å². The van der Waals surface area contributed by atoms with Gasteiger partial charge in [0.1, 0.15) is 0 Å². The molecule has 0 atom stereocenters. The van der Waals surface area contributed by atoms with Gasteiger partial charge in [0, 0.05) is 18.5 Å². The van der Waals surface area contributed by atoms with E-state index in [-0.39, 0.29) is 5.82 Å². The molecule has 0 aromatic carbocycles. The summed E-state index contributed by atoms with van der Waals surface area (Å²) in [6.45, 7) is 0. The van der Waals surface area contributed by atoms with Crippen molar-refractivity contribution >= 4 is 11.5 Å². The third-order valence-corrected chi connectivity index (χ3v) is 1.56. The van der Waals surface area contributed by atoms with E-state index in [1.54, 1.807) is 12.4 Å². The minimum atomic E-state index is -0.471. The number of hydrogen-bond donors (Lipinski definition) is 3. The van der Waals surface area contributed by atoms with Crippen molar-refractivity contribution in [2.75, 3.05) is 10.7 Å². The van der Waals surface area contributed by atoms with Gasteiger partial charge in [0.2, 0.25) is 0 Å². The Hall–Kier alpha value is -1.82. The van der Waals surface area contributed by atoms with Gasteiger partial charge in [0.25, 0.3) is 0 Å². The highest BCUT2D eigenvalue weighted by molar-refractivity contribution is 5.48. The lowest BCUT2D eigenvalue weighted by Crippen LogP contribution is -2.36. The number of anilines is 2. The van der Waals surface area contributed by atoms with Crippen molar-refractivity contribution in [1.82, 2.24) is 15.9 Å². The normalized spacial score (nSPS) is 14.7. The molecule has 2 rings (SSSR count). The van der Waals surface area contributed by atoms with Gasteiger partial charge in [-0.3, -0.25) is 0 Å². The molecule has 0 fully saturated rings. The average Bonchev–Trinajstić information content (AvgIpc) is 2.56. The van der Waals surface area contributed by atoms with E-state index in [2.05, 4.69) is 15.9 Å². The Balaban J connectivity index is 2.34. The maximum absolute atomic E-state index is 13.2. The molecule has 0 radical (unpaired) electrons. The highest BCUT2D eigenvalue weighted by Gasteiger charge is 2.12. The lowest BCUT2D eigenvalue weighted by molar-refractivity contribution is 0.597. The Morgan fingerprint density at radius 3 is 3.00 bits per heavy atom. The predicted octanol–water partition coefficient (Wildman–Crippen LogP) is 0.103. The van der Waals surface area contributed by atoms with E-state index in [0.717, 1.165) is 0 Å². The lowest BCUT2D eigenvalue weighted by Gasteiger charge is -2.14. The highest BCUT2D eigenvalue weighted by Crippen LogP contribution is 2.17. The maximum atomic E-state index is 13.2. The summed E-state index contributed by atoms with van der Waals surface area (Å²) in [6.07, 6.45) is 4.63. The molecule has 6 heteroatoms. The van der Waals surface area contributed by atoms with Crippen LogP contribution in [-0.4, -0.2) is 4.98 Å². The molecule has 1 aliphatic rings. The number of nitrogens with two attached hydrogens (primary N) is 1. The molecule has 68 valence electrons. The molecule has 0 bridgehead atoms. The SMILES string of the molecule is Nc1cnc(N2C=CNN2)c(F)c1. The fourth-order valence-electron chi connectivity index (χ4n) is 1.00. The molecule has 0 amide bonds. The lowest BCUT2D eigenvalue weighted by atomic mass is 10.4. The average molecular weight is 181 g/mol. The number of hydrazine groups is 2. The van der Waals surface area contributed by atoms with Crippen LogP contribution in [0.15, 0.2) is 24.7 Å². The molecular weight excluding hydrogens is 173 g/mol. The summed E-state index contributed by atoms with van der Waals surface area (Å²) in [5.41, 5.74) is 11.0. The molecule has 0 saturated carbocycles. The third kappa shape index (κ3) is 1.38. The van der Waals surface area contributed by atoms with E-state index < -0.39 is 5.82 Å². The minimum Gasteiger partial charge on any atom is -0.397 e. The molecule has 13 heavy (non-hydrogen) atoms. The first-order valence-corrected chi connectivity index (χ1v) is 3.65. The van der Waals surface area contributed by atoms with Crippen LogP contribution >= 0.6 is 0 Å². The number of nitrogens with one attached hydrogen (secondary N) is 2. The molecule has 1 aromatic heterocycles. The van der Waals surface area contributed by atoms with Crippen molar-refractivity contribution in [2.24, 2.45) is 0 Å². The molecule has 2 heterocycles. The molecular formula is C7H8FN5. The zero-order valence-electron chi connectivity index (χ0n) is 6.66. The number of hydrogen-bond acceptors (Lipinski definition) is 5. The molecule has 0 spiro atoms.